The van der Waals surface area contributed by atoms with Gasteiger partial charge in [0.25, 0.3) is 0 Å². The maximum Gasteiger partial charge on any atom is 2.00 e. The van der Waals surface area contributed by atoms with Crippen molar-refractivity contribution in [3.63, 3.8) is 0 Å². The third-order valence-corrected chi connectivity index (χ3v) is 8.49. The predicted molar refractivity (Wildman–Crippen MR) is 203 cm³/mol. The van der Waals surface area contributed by atoms with Gasteiger partial charge in [-0.05, 0) is 88.8 Å². The molecule has 0 aromatic heterocycles. The van der Waals surface area contributed by atoms with Gasteiger partial charge in [0, 0.05) is 24.3 Å². The first-order valence-electron chi connectivity index (χ1n) is 19.8. The number of hydrogen-bond donors (Lipinski definition) is 0. The molecule has 2 aromatic carbocycles. The summed E-state index contributed by atoms with van der Waals surface area (Å²) in [6, 6.07) is 11.2. The van der Waals surface area contributed by atoms with E-state index in [4.69, 9.17) is 28.4 Å². The van der Waals surface area contributed by atoms with E-state index in [9.17, 15) is 10.5 Å². The summed E-state index contributed by atoms with van der Waals surface area (Å²) < 4.78 is 34.8. The summed E-state index contributed by atoms with van der Waals surface area (Å²) in [4.78, 5) is 9.24. The topological polar surface area (TPSA) is 120 Å². The maximum atomic E-state index is 11.6. The molecular weight excluding hydrogens is 756 g/mol. The molecule has 302 valence electrons. The van der Waals surface area contributed by atoms with Crippen LogP contribution in [0.5, 0.6) is 23.0 Å². The van der Waals surface area contributed by atoms with Gasteiger partial charge in [0.1, 0.15) is 34.2 Å². The average molecular weight is 826 g/mol. The van der Waals surface area contributed by atoms with Crippen molar-refractivity contribution in [1.82, 2.24) is 0 Å². The molecule has 2 rings (SSSR count). The molecule has 0 aliphatic heterocycles. The first-order valence-corrected chi connectivity index (χ1v) is 19.8. The Bertz CT molecular complexity index is 1080. The number of unbranched alkanes of at least 4 members (excludes halogenated alkanes) is 6. The largest absolute Gasteiger partial charge is 2.00 e. The molecule has 0 saturated carbocycles. The van der Waals surface area contributed by atoms with Gasteiger partial charge in [0.2, 0.25) is 0 Å². The monoisotopic (exact) mass is 824 g/mol. The van der Waals surface area contributed by atoms with E-state index < -0.39 is 11.2 Å². The van der Waals surface area contributed by atoms with Crippen molar-refractivity contribution in [1.29, 1.82) is 0 Å². The van der Waals surface area contributed by atoms with Gasteiger partial charge in [-0.25, -0.2) is 0 Å². The third-order valence-electron chi connectivity index (χ3n) is 8.49. The standard InChI is InChI=1S/2C21H36O5.Zr/c2*1-5-8-13-23-17-21(4,26-22)19-16-18(24-14-9-6-2)11-12-20(19)25-15-10-7-3;/h2*11-12,16,22H,5-10,13-15,17H2,1-4H3;/q;;+2/p-2. The summed E-state index contributed by atoms with van der Waals surface area (Å²) >= 11 is 0. The molecular formula is C42H70O10Zr. The minimum atomic E-state index is -1.13. The Balaban J connectivity index is 0.00000100. The van der Waals surface area contributed by atoms with E-state index in [1.165, 1.54) is 0 Å². The first-order chi connectivity index (χ1) is 25.2. The Morgan fingerprint density at radius 1 is 0.453 bits per heavy atom. The fourth-order valence-corrected chi connectivity index (χ4v) is 4.92. The van der Waals surface area contributed by atoms with Crippen molar-refractivity contribution in [2.75, 3.05) is 52.9 Å². The van der Waals surface area contributed by atoms with E-state index in [1.54, 1.807) is 13.8 Å². The van der Waals surface area contributed by atoms with Crippen LogP contribution in [-0.2, 0) is 56.7 Å². The molecule has 0 N–H and O–H groups in total. The summed E-state index contributed by atoms with van der Waals surface area (Å²) in [5.41, 5.74) is -0.901. The second-order valence-corrected chi connectivity index (χ2v) is 13.6. The van der Waals surface area contributed by atoms with Crippen molar-refractivity contribution in [2.24, 2.45) is 0 Å². The summed E-state index contributed by atoms with van der Waals surface area (Å²) in [5, 5.41) is 23.2. The van der Waals surface area contributed by atoms with Gasteiger partial charge >= 0.3 is 26.2 Å². The zero-order valence-electron chi connectivity index (χ0n) is 34.2. The van der Waals surface area contributed by atoms with Gasteiger partial charge in [0.05, 0.1) is 39.6 Å². The molecule has 10 nitrogen and oxygen atoms in total. The molecule has 11 heteroatoms. The Morgan fingerprint density at radius 2 is 0.755 bits per heavy atom. The van der Waals surface area contributed by atoms with E-state index in [2.05, 4.69) is 51.3 Å². The molecule has 0 aliphatic rings. The molecule has 0 radical (unpaired) electrons. The van der Waals surface area contributed by atoms with Crippen molar-refractivity contribution in [3.8, 4) is 23.0 Å². The molecule has 0 spiro atoms. The normalized spacial score (nSPS) is 13.2. The second kappa shape index (κ2) is 31.5. The Morgan fingerprint density at radius 3 is 1.06 bits per heavy atom. The van der Waals surface area contributed by atoms with Crippen LogP contribution < -0.4 is 29.5 Å². The van der Waals surface area contributed by atoms with Crippen LogP contribution in [0.15, 0.2) is 36.4 Å². The fraction of sp³-hybridized carbons (Fsp3) is 0.714. The molecule has 2 aromatic rings. The minimum Gasteiger partial charge on any atom is -0.723 e. The molecule has 0 aliphatic carbocycles. The Labute approximate surface area is 340 Å². The van der Waals surface area contributed by atoms with E-state index in [0.29, 0.717) is 73.8 Å². The van der Waals surface area contributed by atoms with Crippen molar-refractivity contribution in [3.05, 3.63) is 47.5 Å². The van der Waals surface area contributed by atoms with Crippen LogP contribution in [0.1, 0.15) is 144 Å². The summed E-state index contributed by atoms with van der Waals surface area (Å²) in [6.45, 7) is 20.2. The van der Waals surface area contributed by atoms with E-state index >= 15 is 0 Å². The van der Waals surface area contributed by atoms with Crippen molar-refractivity contribution < 1.29 is 74.9 Å². The summed E-state index contributed by atoms with van der Waals surface area (Å²) in [7, 11) is 0. The SMILES string of the molecule is CCCCOCC(C)(O[O-])c1cc(OCCCC)ccc1OCCCC.CCCCOCC(C)(O[O-])c1cc(OCCCC)ccc1OCCCC.[Zr+2]. The first kappa shape index (κ1) is 51.3. The van der Waals surface area contributed by atoms with Gasteiger partial charge in [0.15, 0.2) is 0 Å². The predicted octanol–water partition coefficient (Wildman–Crippen LogP) is 8.73. The quantitative estimate of drug-likeness (QED) is 0.0430. The van der Waals surface area contributed by atoms with Gasteiger partial charge in [-0.15, -0.1) is 0 Å². The molecule has 0 saturated heterocycles. The zero-order chi connectivity index (χ0) is 38.5. The summed E-state index contributed by atoms with van der Waals surface area (Å²) in [6.07, 6.45) is 12.1. The van der Waals surface area contributed by atoms with E-state index in [0.717, 1.165) is 77.0 Å². The van der Waals surface area contributed by atoms with E-state index in [1.807, 2.05) is 36.4 Å². The van der Waals surface area contributed by atoms with Crippen LogP contribution in [0.25, 0.3) is 0 Å². The molecule has 0 bridgehead atoms. The van der Waals surface area contributed by atoms with Crippen LogP contribution in [0.3, 0.4) is 0 Å². The minimum absolute atomic E-state index is 0. The molecule has 0 amide bonds. The molecule has 53 heavy (non-hydrogen) atoms. The summed E-state index contributed by atoms with van der Waals surface area (Å²) in [5.74, 6) is 2.73. The fourth-order valence-electron chi connectivity index (χ4n) is 4.92. The van der Waals surface area contributed by atoms with Crippen molar-refractivity contribution in [2.45, 2.75) is 144 Å². The smallest absolute Gasteiger partial charge is 0.723 e. The Hall–Kier alpha value is -1.72. The van der Waals surface area contributed by atoms with Crippen LogP contribution in [0, 0.1) is 0 Å². The molecule has 2 unspecified atom stereocenters. The van der Waals surface area contributed by atoms with Crippen LogP contribution in [0.2, 0.25) is 0 Å². The van der Waals surface area contributed by atoms with Crippen LogP contribution in [0.4, 0.5) is 0 Å². The van der Waals surface area contributed by atoms with E-state index in [-0.39, 0.29) is 39.4 Å². The second-order valence-electron chi connectivity index (χ2n) is 13.6. The van der Waals surface area contributed by atoms with Gasteiger partial charge < -0.3 is 48.7 Å². The zero-order valence-corrected chi connectivity index (χ0v) is 36.6. The van der Waals surface area contributed by atoms with Gasteiger partial charge in [-0.3, -0.25) is 0 Å². The van der Waals surface area contributed by atoms with Crippen molar-refractivity contribution >= 4 is 0 Å². The molecule has 0 fully saturated rings. The molecule has 2 atom stereocenters. The number of ether oxygens (including phenoxy) is 6. The Kier molecular flexibility index (Phi) is 30.5. The molecule has 0 heterocycles. The number of rotatable bonds is 30. The third kappa shape index (κ3) is 20.1. The average Bonchev–Trinajstić information content (AvgIpc) is 3.16. The number of benzene rings is 2. The van der Waals surface area contributed by atoms with Gasteiger partial charge in [-0.2, -0.15) is 0 Å². The number of hydrogen-bond acceptors (Lipinski definition) is 10. The van der Waals surface area contributed by atoms with Crippen LogP contribution >= 0.6 is 0 Å². The van der Waals surface area contributed by atoms with Crippen LogP contribution in [-0.4, -0.2) is 52.9 Å². The van der Waals surface area contributed by atoms with Gasteiger partial charge in [-0.1, -0.05) is 80.1 Å². The maximum absolute atomic E-state index is 11.6.